The van der Waals surface area contributed by atoms with Crippen LogP contribution in [0, 0.1) is 11.6 Å². The van der Waals surface area contributed by atoms with E-state index in [4.69, 9.17) is 10.5 Å². The van der Waals surface area contributed by atoms with Gasteiger partial charge in [0.25, 0.3) is 0 Å². The van der Waals surface area contributed by atoms with Crippen LogP contribution >= 0.6 is 0 Å². The Morgan fingerprint density at radius 3 is 2.87 bits per heavy atom. The van der Waals surface area contributed by atoms with E-state index in [1.54, 1.807) is 4.57 Å². The van der Waals surface area contributed by atoms with Crippen LogP contribution in [-0.4, -0.2) is 22.6 Å². The number of benzene rings is 1. The van der Waals surface area contributed by atoms with Gasteiger partial charge in [0.05, 0.1) is 24.8 Å². The molecule has 1 aromatic carbocycles. The fourth-order valence-electron chi connectivity index (χ4n) is 3.29. The van der Waals surface area contributed by atoms with Gasteiger partial charge in [0.1, 0.15) is 5.82 Å². The number of fused-ring (bicyclic) bond motifs is 1. The van der Waals surface area contributed by atoms with E-state index in [0.29, 0.717) is 12.8 Å². The molecule has 23 heavy (non-hydrogen) atoms. The summed E-state index contributed by atoms with van der Waals surface area (Å²) in [6.07, 6.45) is 2.49. The van der Waals surface area contributed by atoms with Gasteiger partial charge in [-0.1, -0.05) is 0 Å². The third-order valence-electron chi connectivity index (χ3n) is 4.52. The fourth-order valence-corrected chi connectivity index (χ4v) is 3.29. The number of carbonyl (C=O) groups excluding carboxylic acids is 1. The van der Waals surface area contributed by atoms with Crippen molar-refractivity contribution in [2.24, 2.45) is 0 Å². The van der Waals surface area contributed by atoms with Gasteiger partial charge >= 0.3 is 5.97 Å². The second-order valence-electron chi connectivity index (χ2n) is 5.69. The smallest absolute Gasteiger partial charge is 0.358 e. The van der Waals surface area contributed by atoms with Gasteiger partial charge in [-0.05, 0) is 31.9 Å². The molecule has 1 aliphatic heterocycles. The van der Waals surface area contributed by atoms with Crippen LogP contribution in [0.5, 0.6) is 0 Å². The minimum absolute atomic E-state index is 0.00327. The normalized spacial score (nSPS) is 20.2. The summed E-state index contributed by atoms with van der Waals surface area (Å²) in [5.41, 5.74) is 6.49. The van der Waals surface area contributed by atoms with Crippen molar-refractivity contribution in [2.75, 3.05) is 12.8 Å². The maximum Gasteiger partial charge on any atom is 0.358 e. The molecule has 2 N–H and O–H groups in total. The summed E-state index contributed by atoms with van der Waals surface area (Å²) in [5, 5.41) is 0. The Hall–Kier alpha value is -2.44. The summed E-state index contributed by atoms with van der Waals surface area (Å²) >= 11 is 0. The van der Waals surface area contributed by atoms with Gasteiger partial charge in [0.15, 0.2) is 11.5 Å². The van der Waals surface area contributed by atoms with Crippen LogP contribution < -0.4 is 5.73 Å². The molecule has 3 rings (SSSR count). The van der Waals surface area contributed by atoms with Crippen molar-refractivity contribution in [3.8, 4) is 0 Å². The van der Waals surface area contributed by atoms with E-state index in [2.05, 4.69) is 4.98 Å². The molecular weight excluding hydrogens is 304 g/mol. The topological polar surface area (TPSA) is 70.1 Å². The first kappa shape index (κ1) is 15.5. The van der Waals surface area contributed by atoms with Crippen LogP contribution in [0.15, 0.2) is 18.5 Å². The second-order valence-corrected chi connectivity index (χ2v) is 5.69. The quantitative estimate of drug-likeness (QED) is 0.682. The molecule has 1 aromatic heterocycles. The fraction of sp³-hybridized carbons (Fsp3) is 0.375. The van der Waals surface area contributed by atoms with Crippen molar-refractivity contribution in [1.29, 1.82) is 0 Å². The number of rotatable bonds is 2. The first-order valence-corrected chi connectivity index (χ1v) is 7.33. The third-order valence-corrected chi connectivity index (χ3v) is 4.52. The maximum absolute atomic E-state index is 14.3. The maximum atomic E-state index is 14.3. The minimum Gasteiger partial charge on any atom is -0.464 e. The number of aromatic nitrogens is 2. The minimum atomic E-state index is -0.710. The van der Waals surface area contributed by atoms with E-state index in [1.165, 1.54) is 25.6 Å². The van der Waals surface area contributed by atoms with Crippen molar-refractivity contribution in [3.05, 3.63) is 47.0 Å². The summed E-state index contributed by atoms with van der Waals surface area (Å²) in [6, 6.07) is 2.15. The number of hydrogen-bond acceptors (Lipinski definition) is 4. The lowest BCUT2D eigenvalue weighted by molar-refractivity contribution is 0.0592. The van der Waals surface area contributed by atoms with Crippen molar-refractivity contribution in [1.82, 2.24) is 9.55 Å². The van der Waals surface area contributed by atoms with Crippen molar-refractivity contribution >= 4 is 11.7 Å². The molecule has 0 fully saturated rings. The number of halogens is 2. The van der Waals surface area contributed by atoms with E-state index in [0.717, 1.165) is 5.69 Å². The molecule has 5 nitrogen and oxygen atoms in total. The SMILES string of the molecule is COC(=O)c1ncn2c1CCC(c1c(F)ccc(N)c1F)[C@@H]2C. The van der Waals surface area contributed by atoms with E-state index < -0.39 is 17.6 Å². The number of anilines is 1. The van der Waals surface area contributed by atoms with Gasteiger partial charge in [-0.3, -0.25) is 0 Å². The van der Waals surface area contributed by atoms with Crippen LogP contribution in [0.4, 0.5) is 14.5 Å². The molecule has 7 heteroatoms. The van der Waals surface area contributed by atoms with Crippen molar-refractivity contribution in [3.63, 3.8) is 0 Å². The van der Waals surface area contributed by atoms with Gasteiger partial charge in [-0.15, -0.1) is 0 Å². The highest BCUT2D eigenvalue weighted by molar-refractivity contribution is 5.88. The lowest BCUT2D eigenvalue weighted by Gasteiger charge is -2.32. The number of nitrogens with zero attached hydrogens (tertiary/aromatic N) is 2. The van der Waals surface area contributed by atoms with Crippen LogP contribution in [-0.2, 0) is 11.2 Å². The standard InChI is InChI=1S/C16H17F2N3O2/c1-8-9(13-10(17)4-5-11(19)14(13)18)3-6-12-15(16(22)23-2)20-7-21(8)12/h4-5,7-9H,3,6,19H2,1-2H3/t8-,9?/m0/s1. The average molecular weight is 321 g/mol. The summed E-state index contributed by atoms with van der Waals surface area (Å²) in [7, 11) is 1.29. The lowest BCUT2D eigenvalue weighted by atomic mass is 9.83. The summed E-state index contributed by atoms with van der Waals surface area (Å²) in [6.45, 7) is 1.85. The zero-order valence-electron chi connectivity index (χ0n) is 12.8. The van der Waals surface area contributed by atoms with Gasteiger partial charge in [-0.2, -0.15) is 0 Å². The molecule has 0 bridgehead atoms. The Labute approximate surface area is 132 Å². The van der Waals surface area contributed by atoms with Crippen molar-refractivity contribution in [2.45, 2.75) is 31.7 Å². The van der Waals surface area contributed by atoms with Gasteiger partial charge < -0.3 is 15.0 Å². The average Bonchev–Trinajstić information content (AvgIpc) is 2.97. The molecule has 2 heterocycles. The monoisotopic (exact) mass is 321 g/mol. The predicted molar refractivity (Wildman–Crippen MR) is 80.1 cm³/mol. The predicted octanol–water partition coefficient (Wildman–Crippen LogP) is 2.82. The van der Waals surface area contributed by atoms with Gasteiger partial charge in [0, 0.05) is 17.5 Å². The number of hydrogen-bond donors (Lipinski definition) is 1. The highest BCUT2D eigenvalue weighted by Gasteiger charge is 2.34. The molecule has 0 radical (unpaired) electrons. The van der Waals surface area contributed by atoms with Crippen molar-refractivity contribution < 1.29 is 18.3 Å². The number of nitrogen functional groups attached to an aromatic ring is 1. The Kier molecular flexibility index (Phi) is 3.79. The van der Waals surface area contributed by atoms with Gasteiger partial charge in [0.2, 0.25) is 0 Å². The summed E-state index contributed by atoms with van der Waals surface area (Å²) < 4.78 is 35.0. The Morgan fingerprint density at radius 1 is 1.43 bits per heavy atom. The Morgan fingerprint density at radius 2 is 2.17 bits per heavy atom. The molecule has 2 atom stereocenters. The number of ether oxygens (including phenoxy) is 1. The third kappa shape index (κ3) is 2.36. The summed E-state index contributed by atoms with van der Waals surface area (Å²) in [4.78, 5) is 15.8. The number of imidazole rings is 1. The zero-order chi connectivity index (χ0) is 16.7. The number of nitrogens with two attached hydrogens (primary N) is 1. The number of carbonyl (C=O) groups is 1. The molecule has 122 valence electrons. The second kappa shape index (κ2) is 5.64. The molecule has 0 aliphatic carbocycles. The molecule has 1 unspecified atom stereocenters. The van der Waals surface area contributed by atoms with Crippen LogP contribution in [0.1, 0.15) is 47.1 Å². The molecular formula is C16H17F2N3O2. The molecule has 2 aromatic rings. The van der Waals surface area contributed by atoms with Gasteiger partial charge in [-0.25, -0.2) is 18.6 Å². The molecule has 0 spiro atoms. The van der Waals surface area contributed by atoms with E-state index in [-0.39, 0.29) is 28.9 Å². The van der Waals surface area contributed by atoms with E-state index >= 15 is 0 Å². The lowest BCUT2D eigenvalue weighted by Crippen LogP contribution is -2.25. The Balaban J connectivity index is 2.03. The number of methoxy groups -OCH3 is 1. The Bertz CT molecular complexity index is 773. The number of esters is 1. The highest BCUT2D eigenvalue weighted by Crippen LogP contribution is 2.41. The van der Waals surface area contributed by atoms with Crippen LogP contribution in [0.2, 0.25) is 0 Å². The largest absolute Gasteiger partial charge is 0.464 e. The van der Waals surface area contributed by atoms with Crippen LogP contribution in [0.3, 0.4) is 0 Å². The zero-order valence-corrected chi connectivity index (χ0v) is 12.8. The summed E-state index contributed by atoms with van der Waals surface area (Å²) in [5.74, 6) is -2.21. The molecule has 1 aliphatic rings. The molecule has 0 saturated heterocycles. The molecule has 0 amide bonds. The first-order valence-electron chi connectivity index (χ1n) is 7.33. The van der Waals surface area contributed by atoms with Crippen LogP contribution in [0.25, 0.3) is 0 Å². The van der Waals surface area contributed by atoms with E-state index in [9.17, 15) is 13.6 Å². The molecule has 0 saturated carbocycles. The highest BCUT2D eigenvalue weighted by atomic mass is 19.1. The van der Waals surface area contributed by atoms with E-state index in [1.807, 2.05) is 6.92 Å². The first-order chi connectivity index (χ1) is 11.0.